The Kier molecular flexibility index (Phi) is 9.01. The monoisotopic (exact) mass is 422 g/mol. The van der Waals surface area contributed by atoms with E-state index < -0.39 is 23.9 Å². The standard InChI is InChI=1S/2C8H6O4.Zr/c2*9-7(10)5-1-2-6(4-3-5)8(11)12;/h2*1-4H,(H,9,10)(H,11,12);. The van der Waals surface area contributed by atoms with Crippen LogP contribution in [-0.4, -0.2) is 44.3 Å². The Morgan fingerprint density at radius 1 is 0.440 bits per heavy atom. The topological polar surface area (TPSA) is 149 Å². The van der Waals surface area contributed by atoms with Gasteiger partial charge in [0.15, 0.2) is 0 Å². The van der Waals surface area contributed by atoms with Crippen LogP contribution in [0.3, 0.4) is 0 Å². The first-order valence-corrected chi connectivity index (χ1v) is 6.35. The fourth-order valence-corrected chi connectivity index (χ4v) is 1.51. The summed E-state index contributed by atoms with van der Waals surface area (Å²) in [5, 5.41) is 33.9. The van der Waals surface area contributed by atoms with Gasteiger partial charge in [-0.05, 0) is 48.5 Å². The molecule has 8 nitrogen and oxygen atoms in total. The zero-order valence-corrected chi connectivity index (χ0v) is 15.0. The van der Waals surface area contributed by atoms with Crippen LogP contribution in [0.2, 0.25) is 0 Å². The molecule has 25 heavy (non-hydrogen) atoms. The van der Waals surface area contributed by atoms with Crippen molar-refractivity contribution in [1.29, 1.82) is 0 Å². The first-order chi connectivity index (χ1) is 11.2. The number of hydrogen-bond acceptors (Lipinski definition) is 4. The first kappa shape index (κ1) is 22.2. The third kappa shape index (κ3) is 7.09. The minimum absolute atomic E-state index is 0. The molecule has 0 heterocycles. The van der Waals surface area contributed by atoms with Gasteiger partial charge in [-0.2, -0.15) is 0 Å². The third-order valence-electron chi connectivity index (χ3n) is 2.76. The Labute approximate surface area is 160 Å². The van der Waals surface area contributed by atoms with E-state index in [0.717, 1.165) is 0 Å². The number of hydrogen-bond donors (Lipinski definition) is 4. The summed E-state index contributed by atoms with van der Waals surface area (Å²) in [7, 11) is 0. The summed E-state index contributed by atoms with van der Waals surface area (Å²) in [6.07, 6.45) is 0. The van der Waals surface area contributed by atoms with Crippen LogP contribution in [0.1, 0.15) is 41.4 Å². The molecule has 0 atom stereocenters. The van der Waals surface area contributed by atoms with Crippen LogP contribution in [0, 0.1) is 0 Å². The molecule has 0 spiro atoms. The second-order valence-electron chi connectivity index (χ2n) is 4.38. The van der Waals surface area contributed by atoms with E-state index in [0.29, 0.717) is 0 Å². The maximum atomic E-state index is 10.3. The molecule has 4 N–H and O–H groups in total. The van der Waals surface area contributed by atoms with E-state index in [1.54, 1.807) is 0 Å². The van der Waals surface area contributed by atoms with Gasteiger partial charge in [0.05, 0.1) is 22.3 Å². The summed E-state index contributed by atoms with van der Waals surface area (Å²) < 4.78 is 0. The molecule has 0 aliphatic carbocycles. The summed E-state index contributed by atoms with van der Waals surface area (Å²) >= 11 is 0. The molecule has 9 heteroatoms. The van der Waals surface area contributed by atoms with Gasteiger partial charge in [0.25, 0.3) is 0 Å². The van der Waals surface area contributed by atoms with Gasteiger partial charge in [-0.1, -0.05) is 0 Å². The van der Waals surface area contributed by atoms with E-state index in [2.05, 4.69) is 0 Å². The van der Waals surface area contributed by atoms with Crippen molar-refractivity contribution in [2.24, 2.45) is 0 Å². The van der Waals surface area contributed by atoms with E-state index in [9.17, 15) is 19.2 Å². The van der Waals surface area contributed by atoms with Gasteiger partial charge in [-0.15, -0.1) is 0 Å². The quantitative estimate of drug-likeness (QED) is 0.584. The summed E-state index contributed by atoms with van der Waals surface area (Å²) in [5.41, 5.74) is 0.333. The number of carboxylic acid groups (broad SMARTS) is 4. The minimum atomic E-state index is -1.06. The Morgan fingerprint density at radius 2 is 0.560 bits per heavy atom. The van der Waals surface area contributed by atoms with Gasteiger partial charge in [-0.3, -0.25) is 0 Å². The summed E-state index contributed by atoms with van der Waals surface area (Å²) in [6, 6.07) is 10.0. The van der Waals surface area contributed by atoms with Gasteiger partial charge in [-0.25, -0.2) is 19.2 Å². The average Bonchev–Trinajstić information content (AvgIpc) is 2.55. The normalized spacial score (nSPS) is 8.96. The van der Waals surface area contributed by atoms with Gasteiger partial charge < -0.3 is 20.4 Å². The molecule has 0 aliphatic rings. The van der Waals surface area contributed by atoms with Crippen molar-refractivity contribution in [3.8, 4) is 0 Å². The van der Waals surface area contributed by atoms with Crippen molar-refractivity contribution in [2.75, 3.05) is 0 Å². The van der Waals surface area contributed by atoms with Gasteiger partial charge in [0.1, 0.15) is 0 Å². The van der Waals surface area contributed by atoms with Crippen molar-refractivity contribution in [2.45, 2.75) is 0 Å². The maximum absolute atomic E-state index is 10.3. The fourth-order valence-electron chi connectivity index (χ4n) is 1.51. The summed E-state index contributed by atoms with van der Waals surface area (Å²) in [5.74, 6) is -4.25. The molecule has 0 bridgehead atoms. The molecule has 0 unspecified atom stereocenters. The van der Waals surface area contributed by atoms with Crippen LogP contribution < -0.4 is 0 Å². The minimum Gasteiger partial charge on any atom is -0.478 e. The van der Waals surface area contributed by atoms with E-state index in [-0.39, 0.29) is 48.5 Å². The number of aromatic carboxylic acids is 4. The Morgan fingerprint density at radius 3 is 0.640 bits per heavy atom. The molecule has 2 aromatic rings. The predicted molar refractivity (Wildman–Crippen MR) is 80.7 cm³/mol. The van der Waals surface area contributed by atoms with Gasteiger partial charge >= 0.3 is 23.9 Å². The van der Waals surface area contributed by atoms with Crippen molar-refractivity contribution in [3.63, 3.8) is 0 Å². The Hall–Kier alpha value is -2.80. The Balaban J connectivity index is 0.000000443. The van der Waals surface area contributed by atoms with Crippen molar-refractivity contribution in [1.82, 2.24) is 0 Å². The zero-order valence-electron chi connectivity index (χ0n) is 12.5. The summed E-state index contributed by atoms with van der Waals surface area (Å²) in [4.78, 5) is 41.3. The molecule has 2 aromatic carbocycles. The van der Waals surface area contributed by atoms with E-state index >= 15 is 0 Å². The molecular weight excluding hydrogens is 411 g/mol. The van der Waals surface area contributed by atoms with E-state index in [1.807, 2.05) is 0 Å². The van der Waals surface area contributed by atoms with Crippen LogP contribution in [-0.2, 0) is 26.2 Å². The molecule has 0 aliphatic heterocycles. The molecule has 2 rings (SSSR count). The molecular formula is C16H12O8Zr. The molecule has 0 radical (unpaired) electrons. The van der Waals surface area contributed by atoms with Crippen LogP contribution in [0.4, 0.5) is 0 Å². The number of benzene rings is 2. The molecule has 0 saturated heterocycles. The predicted octanol–water partition coefficient (Wildman–Crippen LogP) is 2.16. The SMILES string of the molecule is O=C(O)c1ccc(C(=O)O)cc1.O=C(O)c1ccc(C(=O)O)cc1.[Zr]. The second kappa shape index (κ2) is 10.1. The van der Waals surface area contributed by atoms with Crippen LogP contribution in [0.5, 0.6) is 0 Å². The van der Waals surface area contributed by atoms with Crippen molar-refractivity contribution in [3.05, 3.63) is 70.8 Å². The average molecular weight is 423 g/mol. The molecule has 0 amide bonds. The largest absolute Gasteiger partial charge is 0.478 e. The van der Waals surface area contributed by atoms with E-state index in [4.69, 9.17) is 20.4 Å². The van der Waals surface area contributed by atoms with Crippen LogP contribution >= 0.6 is 0 Å². The molecule has 128 valence electrons. The number of carbonyl (C=O) groups is 4. The zero-order chi connectivity index (χ0) is 18.3. The second-order valence-corrected chi connectivity index (χ2v) is 4.38. The van der Waals surface area contributed by atoms with Crippen molar-refractivity contribution >= 4 is 23.9 Å². The van der Waals surface area contributed by atoms with Crippen LogP contribution in [0.15, 0.2) is 48.5 Å². The van der Waals surface area contributed by atoms with E-state index in [1.165, 1.54) is 48.5 Å². The third-order valence-corrected chi connectivity index (χ3v) is 2.76. The fraction of sp³-hybridized carbons (Fsp3) is 0. The molecule has 0 saturated carbocycles. The molecule has 0 aromatic heterocycles. The first-order valence-electron chi connectivity index (χ1n) is 6.35. The van der Waals surface area contributed by atoms with Gasteiger partial charge in [0.2, 0.25) is 0 Å². The van der Waals surface area contributed by atoms with Crippen LogP contribution in [0.25, 0.3) is 0 Å². The van der Waals surface area contributed by atoms with Gasteiger partial charge in [0, 0.05) is 26.2 Å². The Bertz CT molecular complexity index is 632. The number of carboxylic acids is 4. The van der Waals surface area contributed by atoms with Crippen molar-refractivity contribution < 1.29 is 65.8 Å². The maximum Gasteiger partial charge on any atom is 0.335 e. The molecule has 0 fully saturated rings. The smallest absolute Gasteiger partial charge is 0.335 e. The number of rotatable bonds is 4. The summed E-state index contributed by atoms with van der Waals surface area (Å²) in [6.45, 7) is 0.